The first kappa shape index (κ1) is 24.0. The van der Waals surface area contributed by atoms with E-state index >= 15 is 0 Å². The molecule has 0 atom stereocenters. The number of hydrogen-bond donors (Lipinski definition) is 0. The van der Waals surface area contributed by atoms with Gasteiger partial charge in [0.25, 0.3) is 0 Å². The van der Waals surface area contributed by atoms with Gasteiger partial charge < -0.3 is 4.42 Å². The van der Waals surface area contributed by atoms with E-state index in [1.807, 2.05) is 12.1 Å². The topological polar surface area (TPSA) is 13.1 Å². The number of rotatable bonds is 3. The van der Waals surface area contributed by atoms with Crippen molar-refractivity contribution in [2.45, 2.75) is 0 Å². The molecule has 0 saturated heterocycles. The summed E-state index contributed by atoms with van der Waals surface area (Å²) < 4.78 is 6.10. The van der Waals surface area contributed by atoms with Gasteiger partial charge in [-0.15, -0.1) is 0 Å². The number of benzene rings is 8. The molecule has 0 spiro atoms. The highest BCUT2D eigenvalue weighted by atomic mass is 16.3. The molecule has 0 radical (unpaired) electrons. The van der Waals surface area contributed by atoms with E-state index in [-0.39, 0.29) is 0 Å². The van der Waals surface area contributed by atoms with Crippen molar-refractivity contribution in [1.29, 1.82) is 0 Å². The largest absolute Gasteiger partial charge is 0.456 e. The molecule has 8 aromatic carbocycles. The molecule has 0 N–H and O–H groups in total. The highest BCUT2D eigenvalue weighted by Crippen LogP contribution is 2.42. The zero-order valence-electron chi connectivity index (χ0n) is 23.4. The standard InChI is InChI=1S/C42H26O/c1-2-11-27(12-3-1)37-25-31-26-38(33-16-5-7-19-36(33)42(31)35-18-6-4-15-32(35)37)30-14-10-13-28(23-30)29-21-22-41-39(24-29)34-17-8-9-20-40(34)43-41/h1-26H. The second-order valence-electron chi connectivity index (χ2n) is 11.3. The van der Waals surface area contributed by atoms with Crippen LogP contribution in [-0.4, -0.2) is 0 Å². The SMILES string of the molecule is c1ccc(-c2cc3cc(-c4cccc(-c5ccc6oc7ccccc7c6c5)c4)c4ccccc4c3c3ccccc23)cc1. The van der Waals surface area contributed by atoms with E-state index in [0.29, 0.717) is 0 Å². The third-order valence-electron chi connectivity index (χ3n) is 8.83. The van der Waals surface area contributed by atoms with Crippen LogP contribution < -0.4 is 0 Å². The fraction of sp³-hybridized carbons (Fsp3) is 0. The van der Waals surface area contributed by atoms with Gasteiger partial charge in [-0.2, -0.15) is 0 Å². The molecule has 0 fully saturated rings. The Hall–Kier alpha value is -5.66. The lowest BCUT2D eigenvalue weighted by molar-refractivity contribution is 0.669. The zero-order valence-corrected chi connectivity index (χ0v) is 23.4. The molecule has 0 amide bonds. The van der Waals surface area contributed by atoms with Crippen molar-refractivity contribution in [3.05, 3.63) is 158 Å². The van der Waals surface area contributed by atoms with Gasteiger partial charge in [0.2, 0.25) is 0 Å². The lowest BCUT2D eigenvalue weighted by atomic mass is 9.87. The van der Waals surface area contributed by atoms with Crippen LogP contribution in [0.4, 0.5) is 0 Å². The van der Waals surface area contributed by atoms with Gasteiger partial charge in [0.15, 0.2) is 0 Å². The summed E-state index contributed by atoms with van der Waals surface area (Å²) in [5.41, 5.74) is 9.17. The zero-order chi connectivity index (χ0) is 28.3. The summed E-state index contributed by atoms with van der Waals surface area (Å²) in [4.78, 5) is 0. The van der Waals surface area contributed by atoms with Gasteiger partial charge in [-0.25, -0.2) is 0 Å². The molecule has 0 saturated carbocycles. The van der Waals surface area contributed by atoms with Crippen molar-refractivity contribution < 1.29 is 4.42 Å². The molecule has 0 unspecified atom stereocenters. The van der Waals surface area contributed by atoms with Crippen LogP contribution in [0.3, 0.4) is 0 Å². The predicted octanol–water partition coefficient (Wildman–Crippen LogP) is 12.0. The van der Waals surface area contributed by atoms with Gasteiger partial charge in [-0.05, 0) is 102 Å². The monoisotopic (exact) mass is 546 g/mol. The summed E-state index contributed by atoms with van der Waals surface area (Å²) in [7, 11) is 0. The van der Waals surface area contributed by atoms with Crippen molar-refractivity contribution in [2.24, 2.45) is 0 Å². The Morgan fingerprint density at radius 2 is 0.837 bits per heavy atom. The molecule has 1 heterocycles. The number of hydrogen-bond acceptors (Lipinski definition) is 1. The van der Waals surface area contributed by atoms with Crippen LogP contribution >= 0.6 is 0 Å². The predicted molar refractivity (Wildman–Crippen MR) is 183 cm³/mol. The van der Waals surface area contributed by atoms with E-state index < -0.39 is 0 Å². The normalized spacial score (nSPS) is 11.7. The van der Waals surface area contributed by atoms with Crippen molar-refractivity contribution in [3.63, 3.8) is 0 Å². The maximum absolute atomic E-state index is 6.10. The van der Waals surface area contributed by atoms with Crippen molar-refractivity contribution in [2.75, 3.05) is 0 Å². The van der Waals surface area contributed by atoms with Crippen LogP contribution in [0.1, 0.15) is 0 Å². The molecule has 0 aliphatic rings. The lowest BCUT2D eigenvalue weighted by Crippen LogP contribution is -1.89. The van der Waals surface area contributed by atoms with E-state index in [1.165, 1.54) is 65.7 Å². The Balaban J connectivity index is 1.29. The molecule has 9 aromatic rings. The molecule has 9 rings (SSSR count). The molecular formula is C42H26O. The van der Waals surface area contributed by atoms with Crippen molar-refractivity contribution in [1.82, 2.24) is 0 Å². The first-order valence-electron chi connectivity index (χ1n) is 14.8. The quantitative estimate of drug-likeness (QED) is 0.201. The third kappa shape index (κ3) is 3.79. The molecule has 1 aromatic heterocycles. The van der Waals surface area contributed by atoms with Gasteiger partial charge in [0.1, 0.15) is 11.2 Å². The van der Waals surface area contributed by atoms with Crippen LogP contribution in [-0.2, 0) is 0 Å². The van der Waals surface area contributed by atoms with Crippen LogP contribution in [0, 0.1) is 0 Å². The molecule has 0 aliphatic carbocycles. The Bertz CT molecular complexity index is 2500. The maximum Gasteiger partial charge on any atom is 0.135 e. The number of para-hydroxylation sites is 1. The average Bonchev–Trinajstić information content (AvgIpc) is 3.46. The highest BCUT2D eigenvalue weighted by molar-refractivity contribution is 6.25. The third-order valence-corrected chi connectivity index (χ3v) is 8.83. The van der Waals surface area contributed by atoms with E-state index in [1.54, 1.807) is 0 Å². The first-order chi connectivity index (χ1) is 21.3. The van der Waals surface area contributed by atoms with Crippen LogP contribution in [0.15, 0.2) is 162 Å². The van der Waals surface area contributed by atoms with Gasteiger partial charge in [-0.3, -0.25) is 0 Å². The number of fused-ring (bicyclic) bond motifs is 8. The van der Waals surface area contributed by atoms with E-state index in [0.717, 1.165) is 21.9 Å². The van der Waals surface area contributed by atoms with Crippen LogP contribution in [0.2, 0.25) is 0 Å². The van der Waals surface area contributed by atoms with Crippen LogP contribution in [0.25, 0.3) is 87.6 Å². The van der Waals surface area contributed by atoms with Crippen molar-refractivity contribution in [3.8, 4) is 33.4 Å². The van der Waals surface area contributed by atoms with Crippen molar-refractivity contribution >= 4 is 54.3 Å². The minimum absolute atomic E-state index is 0.920. The van der Waals surface area contributed by atoms with E-state index in [2.05, 4.69) is 146 Å². The molecule has 0 bridgehead atoms. The van der Waals surface area contributed by atoms with Gasteiger partial charge >= 0.3 is 0 Å². The molecule has 1 nitrogen and oxygen atoms in total. The Morgan fingerprint density at radius 3 is 1.58 bits per heavy atom. The Kier molecular flexibility index (Phi) is 5.27. The molecule has 1 heteroatoms. The second-order valence-corrected chi connectivity index (χ2v) is 11.3. The molecule has 0 aliphatic heterocycles. The second kappa shape index (κ2) is 9.44. The summed E-state index contributed by atoms with van der Waals surface area (Å²) >= 11 is 0. The Labute approximate surface area is 249 Å². The summed E-state index contributed by atoms with van der Waals surface area (Å²) in [5, 5.41) is 9.97. The highest BCUT2D eigenvalue weighted by Gasteiger charge is 2.15. The maximum atomic E-state index is 6.10. The summed E-state index contributed by atoms with van der Waals surface area (Å²) in [6.45, 7) is 0. The fourth-order valence-corrected chi connectivity index (χ4v) is 6.85. The van der Waals surface area contributed by atoms with E-state index in [4.69, 9.17) is 4.42 Å². The van der Waals surface area contributed by atoms with Gasteiger partial charge in [0, 0.05) is 10.8 Å². The molecule has 200 valence electrons. The number of furan rings is 1. The summed E-state index contributed by atoms with van der Waals surface area (Å²) in [5.74, 6) is 0. The fourth-order valence-electron chi connectivity index (χ4n) is 6.85. The minimum atomic E-state index is 0.920. The Morgan fingerprint density at radius 1 is 0.302 bits per heavy atom. The van der Waals surface area contributed by atoms with E-state index in [9.17, 15) is 0 Å². The summed E-state index contributed by atoms with van der Waals surface area (Å²) in [6.07, 6.45) is 0. The van der Waals surface area contributed by atoms with Gasteiger partial charge in [-0.1, -0.05) is 121 Å². The lowest BCUT2D eigenvalue weighted by Gasteiger charge is -2.16. The van der Waals surface area contributed by atoms with Crippen LogP contribution in [0.5, 0.6) is 0 Å². The first-order valence-corrected chi connectivity index (χ1v) is 14.8. The molecular weight excluding hydrogens is 520 g/mol. The minimum Gasteiger partial charge on any atom is -0.456 e. The average molecular weight is 547 g/mol. The van der Waals surface area contributed by atoms with Gasteiger partial charge in [0.05, 0.1) is 0 Å². The smallest absolute Gasteiger partial charge is 0.135 e. The molecule has 43 heavy (non-hydrogen) atoms. The summed E-state index contributed by atoms with van der Waals surface area (Å²) in [6, 6.07) is 56.9.